The summed E-state index contributed by atoms with van der Waals surface area (Å²) >= 11 is 0. The van der Waals surface area contributed by atoms with Crippen LogP contribution in [0.3, 0.4) is 0 Å². The Balaban J connectivity index is 0.000000336. The number of rotatable bonds is 2. The molecule has 6 heteroatoms. The van der Waals surface area contributed by atoms with Crippen molar-refractivity contribution in [1.29, 1.82) is 0 Å². The maximum Gasteiger partial charge on any atom is 0.394 e. The molecular formula is C9H21NO4S. The van der Waals surface area contributed by atoms with Gasteiger partial charge in [-0.2, -0.15) is 8.42 Å². The molecule has 0 radical (unpaired) electrons. The molecular weight excluding hydrogens is 218 g/mol. The molecule has 1 aliphatic carbocycles. The Labute approximate surface area is 91.6 Å². The molecule has 1 unspecified atom stereocenters. The molecule has 0 aromatic rings. The summed E-state index contributed by atoms with van der Waals surface area (Å²) in [4.78, 5) is 0. The zero-order chi connectivity index (χ0) is 11.9. The summed E-state index contributed by atoms with van der Waals surface area (Å²) < 4.78 is 31.6. The summed E-state index contributed by atoms with van der Waals surface area (Å²) in [6.45, 7) is 2.12. The minimum absolute atomic E-state index is 0.420. The average molecular weight is 239 g/mol. The third kappa shape index (κ3) is 13.8. The van der Waals surface area contributed by atoms with Crippen molar-refractivity contribution in [3.8, 4) is 0 Å². The van der Waals surface area contributed by atoms with Crippen LogP contribution in [0.4, 0.5) is 0 Å². The summed E-state index contributed by atoms with van der Waals surface area (Å²) in [5, 5.41) is 0. The summed E-state index contributed by atoms with van der Waals surface area (Å²) in [7, 11) is -4.67. The standard InChI is InChI=1S/C9H19N.H2O4S/c1-8(10)7-9-5-3-2-4-6-9;1-5(2,3)4/h8-9H,2-7,10H2,1H3;(H2,1,2,3,4). The predicted molar refractivity (Wildman–Crippen MR) is 59.0 cm³/mol. The second kappa shape index (κ2) is 7.16. The van der Waals surface area contributed by atoms with Gasteiger partial charge in [0.15, 0.2) is 0 Å². The van der Waals surface area contributed by atoms with Gasteiger partial charge < -0.3 is 5.73 Å². The lowest BCUT2D eigenvalue weighted by Crippen LogP contribution is -2.20. The van der Waals surface area contributed by atoms with Gasteiger partial charge in [-0.25, -0.2) is 0 Å². The van der Waals surface area contributed by atoms with Crippen molar-refractivity contribution in [1.82, 2.24) is 0 Å². The van der Waals surface area contributed by atoms with Crippen LogP contribution in [0.1, 0.15) is 45.4 Å². The third-order valence-electron chi connectivity index (χ3n) is 2.43. The highest BCUT2D eigenvalue weighted by Gasteiger charge is 2.13. The summed E-state index contributed by atoms with van der Waals surface area (Å²) in [6.07, 6.45) is 8.45. The summed E-state index contributed by atoms with van der Waals surface area (Å²) in [6, 6.07) is 0.420. The van der Waals surface area contributed by atoms with E-state index in [0.29, 0.717) is 6.04 Å². The first-order valence-electron chi connectivity index (χ1n) is 5.24. The molecule has 1 saturated carbocycles. The first-order valence-corrected chi connectivity index (χ1v) is 6.64. The van der Waals surface area contributed by atoms with Crippen molar-refractivity contribution in [2.45, 2.75) is 51.5 Å². The van der Waals surface area contributed by atoms with E-state index in [1.54, 1.807) is 0 Å². The van der Waals surface area contributed by atoms with Crippen LogP contribution in [-0.2, 0) is 10.4 Å². The first kappa shape index (κ1) is 14.8. The molecule has 4 N–H and O–H groups in total. The van der Waals surface area contributed by atoms with E-state index in [0.717, 1.165) is 5.92 Å². The summed E-state index contributed by atoms with van der Waals surface area (Å²) in [5.41, 5.74) is 5.72. The highest BCUT2D eigenvalue weighted by molar-refractivity contribution is 7.79. The Hall–Kier alpha value is -0.170. The largest absolute Gasteiger partial charge is 0.394 e. The van der Waals surface area contributed by atoms with Crippen LogP contribution >= 0.6 is 0 Å². The zero-order valence-corrected chi connectivity index (χ0v) is 9.91. The number of hydrogen-bond acceptors (Lipinski definition) is 3. The van der Waals surface area contributed by atoms with Crippen LogP contribution in [-0.4, -0.2) is 23.6 Å². The molecule has 0 heterocycles. The normalized spacial score (nSPS) is 20.3. The molecule has 0 aromatic carbocycles. The van der Waals surface area contributed by atoms with Gasteiger partial charge in [-0.05, 0) is 19.3 Å². The third-order valence-corrected chi connectivity index (χ3v) is 2.43. The first-order chi connectivity index (χ1) is 6.79. The molecule has 1 aliphatic rings. The topological polar surface area (TPSA) is 101 Å². The lowest BCUT2D eigenvalue weighted by molar-refractivity contribution is 0.323. The molecule has 0 amide bonds. The smallest absolute Gasteiger partial charge is 0.328 e. The van der Waals surface area contributed by atoms with E-state index >= 15 is 0 Å². The molecule has 0 bridgehead atoms. The molecule has 0 saturated heterocycles. The van der Waals surface area contributed by atoms with Gasteiger partial charge in [0.05, 0.1) is 0 Å². The van der Waals surface area contributed by atoms with Gasteiger partial charge in [-0.1, -0.05) is 32.1 Å². The van der Waals surface area contributed by atoms with Gasteiger partial charge in [0.2, 0.25) is 0 Å². The second-order valence-electron chi connectivity index (χ2n) is 4.16. The Morgan fingerprint density at radius 2 is 1.67 bits per heavy atom. The van der Waals surface area contributed by atoms with Gasteiger partial charge in [-0.3, -0.25) is 9.11 Å². The SMILES string of the molecule is CC(N)CC1CCCCC1.O=S(=O)(O)O. The molecule has 92 valence electrons. The quantitative estimate of drug-likeness (QED) is 0.636. The van der Waals surface area contributed by atoms with E-state index in [4.69, 9.17) is 23.3 Å². The van der Waals surface area contributed by atoms with E-state index in [1.165, 1.54) is 38.5 Å². The Kier molecular flexibility index (Phi) is 7.08. The van der Waals surface area contributed by atoms with Crippen LogP contribution in [0.5, 0.6) is 0 Å². The van der Waals surface area contributed by atoms with Gasteiger partial charge >= 0.3 is 10.4 Å². The van der Waals surface area contributed by atoms with Crippen LogP contribution in [0, 0.1) is 5.92 Å². The molecule has 1 rings (SSSR count). The van der Waals surface area contributed by atoms with Crippen LogP contribution in [0.25, 0.3) is 0 Å². The molecule has 0 aliphatic heterocycles. The van der Waals surface area contributed by atoms with Crippen molar-refractivity contribution >= 4 is 10.4 Å². The maximum absolute atomic E-state index is 8.74. The molecule has 5 nitrogen and oxygen atoms in total. The average Bonchev–Trinajstić information content (AvgIpc) is 2.01. The maximum atomic E-state index is 8.74. The fourth-order valence-corrected chi connectivity index (χ4v) is 1.95. The fraction of sp³-hybridized carbons (Fsp3) is 1.00. The van der Waals surface area contributed by atoms with Crippen molar-refractivity contribution < 1.29 is 17.5 Å². The fourth-order valence-electron chi connectivity index (χ4n) is 1.95. The Morgan fingerprint density at radius 3 is 2.00 bits per heavy atom. The van der Waals surface area contributed by atoms with Crippen molar-refractivity contribution in [3.05, 3.63) is 0 Å². The van der Waals surface area contributed by atoms with Crippen molar-refractivity contribution in [2.24, 2.45) is 11.7 Å². The highest BCUT2D eigenvalue weighted by atomic mass is 32.3. The van der Waals surface area contributed by atoms with E-state index in [9.17, 15) is 0 Å². The van der Waals surface area contributed by atoms with Gasteiger partial charge in [0.25, 0.3) is 0 Å². The molecule has 1 atom stereocenters. The van der Waals surface area contributed by atoms with Gasteiger partial charge in [0.1, 0.15) is 0 Å². The lowest BCUT2D eigenvalue weighted by Gasteiger charge is -2.22. The number of hydrogen-bond donors (Lipinski definition) is 3. The van der Waals surface area contributed by atoms with E-state index in [1.807, 2.05) is 0 Å². The molecule has 0 aromatic heterocycles. The van der Waals surface area contributed by atoms with Crippen LogP contribution in [0.15, 0.2) is 0 Å². The molecule has 1 fully saturated rings. The van der Waals surface area contributed by atoms with Crippen LogP contribution in [0.2, 0.25) is 0 Å². The monoisotopic (exact) mass is 239 g/mol. The lowest BCUT2D eigenvalue weighted by atomic mass is 9.85. The Bertz CT molecular complexity index is 237. The predicted octanol–water partition coefficient (Wildman–Crippen LogP) is 1.65. The van der Waals surface area contributed by atoms with E-state index in [-0.39, 0.29) is 0 Å². The van der Waals surface area contributed by atoms with Crippen molar-refractivity contribution in [3.63, 3.8) is 0 Å². The Morgan fingerprint density at radius 1 is 1.27 bits per heavy atom. The van der Waals surface area contributed by atoms with Crippen molar-refractivity contribution in [2.75, 3.05) is 0 Å². The minimum Gasteiger partial charge on any atom is -0.328 e. The van der Waals surface area contributed by atoms with E-state index in [2.05, 4.69) is 6.92 Å². The zero-order valence-electron chi connectivity index (χ0n) is 9.09. The van der Waals surface area contributed by atoms with Crippen LogP contribution < -0.4 is 5.73 Å². The minimum atomic E-state index is -4.67. The van der Waals surface area contributed by atoms with Gasteiger partial charge in [-0.15, -0.1) is 0 Å². The molecule has 0 spiro atoms. The second-order valence-corrected chi connectivity index (χ2v) is 5.06. The highest BCUT2D eigenvalue weighted by Crippen LogP contribution is 2.26. The number of nitrogens with two attached hydrogens (primary N) is 1. The summed E-state index contributed by atoms with van der Waals surface area (Å²) in [5.74, 6) is 0.953. The van der Waals surface area contributed by atoms with Gasteiger partial charge in [0, 0.05) is 6.04 Å². The molecule has 15 heavy (non-hydrogen) atoms. The van der Waals surface area contributed by atoms with E-state index < -0.39 is 10.4 Å².